The summed E-state index contributed by atoms with van der Waals surface area (Å²) in [4.78, 5) is 15.2. The summed E-state index contributed by atoms with van der Waals surface area (Å²) in [5.41, 5.74) is 2.84. The Balaban J connectivity index is 1.44. The van der Waals surface area contributed by atoms with Crippen molar-refractivity contribution in [3.05, 3.63) is 53.1 Å². The van der Waals surface area contributed by atoms with Crippen LogP contribution in [0, 0.1) is 11.3 Å². The number of fused-ring (bicyclic) bond motifs is 3. The summed E-state index contributed by atoms with van der Waals surface area (Å²) < 4.78 is 17.5. The van der Waals surface area contributed by atoms with Crippen LogP contribution in [0.2, 0.25) is 0 Å². The van der Waals surface area contributed by atoms with Gasteiger partial charge in [0.15, 0.2) is 18.1 Å². The Kier molecular flexibility index (Phi) is 4.97. The maximum Gasteiger partial charge on any atom is 0.261 e. The van der Waals surface area contributed by atoms with Crippen molar-refractivity contribution < 1.29 is 19.0 Å². The molecule has 5 rings (SSSR count). The van der Waals surface area contributed by atoms with E-state index < -0.39 is 0 Å². The Morgan fingerprint density at radius 3 is 2.65 bits per heavy atom. The lowest BCUT2D eigenvalue weighted by Crippen LogP contribution is -2.50. The second-order valence-corrected chi connectivity index (χ2v) is 8.66. The molecular formula is C25H26N2O4. The molecule has 6 nitrogen and oxygen atoms in total. The number of ether oxygens (including phenoxy) is 3. The van der Waals surface area contributed by atoms with Crippen molar-refractivity contribution in [2.24, 2.45) is 0 Å². The largest absolute Gasteiger partial charge is 0.486 e. The minimum absolute atomic E-state index is 0.0437. The number of nitrogens with zero attached hydrogens (tertiary/aromatic N) is 2. The van der Waals surface area contributed by atoms with E-state index in [0.717, 1.165) is 42.7 Å². The Morgan fingerprint density at radius 2 is 1.90 bits per heavy atom. The molecule has 3 aliphatic rings. The normalized spacial score (nSPS) is 20.8. The number of hydrogen-bond acceptors (Lipinski definition) is 5. The molecule has 1 saturated carbocycles. The summed E-state index contributed by atoms with van der Waals surface area (Å²) >= 11 is 0. The molecule has 6 heteroatoms. The van der Waals surface area contributed by atoms with Crippen LogP contribution in [0.15, 0.2) is 36.4 Å². The predicted octanol–water partition coefficient (Wildman–Crippen LogP) is 4.12. The zero-order valence-corrected chi connectivity index (χ0v) is 17.7. The van der Waals surface area contributed by atoms with Crippen molar-refractivity contribution in [3.8, 4) is 23.3 Å². The lowest BCUT2D eigenvalue weighted by molar-refractivity contribution is -0.137. The first-order valence-corrected chi connectivity index (χ1v) is 11.0. The number of carbonyl (C=O) groups is 1. The number of amides is 1. The van der Waals surface area contributed by atoms with Gasteiger partial charge in [0, 0.05) is 12.0 Å². The van der Waals surface area contributed by atoms with Crippen molar-refractivity contribution in [2.75, 3.05) is 26.4 Å². The highest BCUT2D eigenvalue weighted by molar-refractivity contribution is 5.79. The first kappa shape index (κ1) is 19.7. The van der Waals surface area contributed by atoms with Crippen molar-refractivity contribution >= 4 is 5.91 Å². The van der Waals surface area contributed by atoms with Gasteiger partial charge in [0.25, 0.3) is 5.91 Å². The Bertz CT molecular complexity index is 1050. The second kappa shape index (κ2) is 7.81. The molecule has 1 atom stereocenters. The van der Waals surface area contributed by atoms with Crippen LogP contribution in [0.4, 0.5) is 0 Å². The fourth-order valence-electron chi connectivity index (χ4n) is 5.32. The van der Waals surface area contributed by atoms with Gasteiger partial charge in [0.2, 0.25) is 0 Å². The fourth-order valence-corrected chi connectivity index (χ4v) is 5.32. The van der Waals surface area contributed by atoms with Gasteiger partial charge in [-0.3, -0.25) is 4.79 Å². The molecule has 0 aromatic heterocycles. The summed E-state index contributed by atoms with van der Waals surface area (Å²) in [5, 5.41) is 9.27. The van der Waals surface area contributed by atoms with Crippen LogP contribution in [-0.2, 0) is 10.2 Å². The fraction of sp³-hybridized carbons (Fsp3) is 0.440. The Labute approximate surface area is 182 Å². The number of rotatable bonds is 3. The molecule has 160 valence electrons. The zero-order chi connectivity index (χ0) is 21.4. The van der Waals surface area contributed by atoms with E-state index in [1.165, 1.54) is 5.56 Å². The second-order valence-electron chi connectivity index (χ2n) is 8.66. The third-order valence-corrected chi connectivity index (χ3v) is 6.92. The summed E-state index contributed by atoms with van der Waals surface area (Å²) in [7, 11) is 0. The van der Waals surface area contributed by atoms with Crippen molar-refractivity contribution in [1.29, 1.82) is 5.26 Å². The van der Waals surface area contributed by atoms with E-state index in [-0.39, 0.29) is 24.0 Å². The van der Waals surface area contributed by atoms with Gasteiger partial charge in [-0.05, 0) is 55.2 Å². The quantitative estimate of drug-likeness (QED) is 0.750. The van der Waals surface area contributed by atoms with E-state index in [2.05, 4.69) is 25.1 Å². The molecule has 1 fully saturated rings. The highest BCUT2D eigenvalue weighted by Crippen LogP contribution is 2.51. The number of benzene rings is 2. The third kappa shape index (κ3) is 3.38. The average molecular weight is 418 g/mol. The van der Waals surface area contributed by atoms with Crippen molar-refractivity contribution in [2.45, 2.75) is 44.1 Å². The maximum absolute atomic E-state index is 13.3. The topological polar surface area (TPSA) is 71.8 Å². The molecule has 1 spiro atoms. The molecule has 2 aromatic rings. The maximum atomic E-state index is 13.3. The molecule has 0 N–H and O–H groups in total. The summed E-state index contributed by atoms with van der Waals surface area (Å²) in [6, 6.07) is 13.3. The molecule has 1 unspecified atom stereocenters. The zero-order valence-electron chi connectivity index (χ0n) is 17.7. The van der Waals surface area contributed by atoms with E-state index in [4.69, 9.17) is 14.2 Å². The van der Waals surface area contributed by atoms with Crippen LogP contribution >= 0.6 is 0 Å². The van der Waals surface area contributed by atoms with Gasteiger partial charge in [-0.25, -0.2) is 0 Å². The number of carbonyl (C=O) groups excluding carboxylic acids is 1. The first-order chi connectivity index (χ1) is 15.1. The number of hydrogen-bond donors (Lipinski definition) is 0. The molecule has 0 bridgehead atoms. The minimum atomic E-state index is -0.0843. The van der Waals surface area contributed by atoms with E-state index in [9.17, 15) is 10.1 Å². The van der Waals surface area contributed by atoms with E-state index in [1.807, 2.05) is 4.90 Å². The Hall–Kier alpha value is -3.20. The average Bonchev–Trinajstić information content (AvgIpc) is 3.28. The molecule has 2 aliphatic heterocycles. The molecule has 0 radical (unpaired) electrons. The van der Waals surface area contributed by atoms with Crippen LogP contribution in [0.5, 0.6) is 17.2 Å². The highest BCUT2D eigenvalue weighted by atomic mass is 16.6. The standard InChI is InChI=1S/C25H26N2O4/c1-17-19-12-22-23(30-11-10-29-22)13-20(19)25(8-4-5-9-25)16-27(17)24(28)15-31-21-7-3-2-6-18(21)14-26/h2-3,6-7,12-13,17H,4-5,8-11,15-16H2,1H3. The molecular weight excluding hydrogens is 392 g/mol. The van der Waals surface area contributed by atoms with Gasteiger partial charge >= 0.3 is 0 Å². The Morgan fingerprint density at radius 1 is 1.19 bits per heavy atom. The van der Waals surface area contributed by atoms with E-state index in [0.29, 0.717) is 31.1 Å². The number of nitriles is 1. The van der Waals surface area contributed by atoms with Crippen LogP contribution in [0.25, 0.3) is 0 Å². The lowest BCUT2D eigenvalue weighted by atomic mass is 9.71. The van der Waals surface area contributed by atoms with Crippen LogP contribution in [0.3, 0.4) is 0 Å². The van der Waals surface area contributed by atoms with Gasteiger partial charge in [0.05, 0.1) is 11.6 Å². The highest BCUT2D eigenvalue weighted by Gasteiger charge is 2.46. The van der Waals surface area contributed by atoms with Crippen LogP contribution < -0.4 is 14.2 Å². The van der Waals surface area contributed by atoms with Gasteiger partial charge in [-0.1, -0.05) is 25.0 Å². The van der Waals surface area contributed by atoms with Gasteiger partial charge in [-0.15, -0.1) is 0 Å². The SMILES string of the molecule is CC1c2cc3c(cc2C2(CCCC2)CN1C(=O)COc1ccccc1C#N)OCCO3. The molecule has 1 aliphatic carbocycles. The predicted molar refractivity (Wildman–Crippen MR) is 114 cm³/mol. The lowest BCUT2D eigenvalue weighted by Gasteiger charge is -2.46. The molecule has 2 heterocycles. The smallest absolute Gasteiger partial charge is 0.261 e. The number of para-hydroxylation sites is 1. The summed E-state index contributed by atoms with van der Waals surface area (Å²) in [5.74, 6) is 1.96. The van der Waals surface area contributed by atoms with Crippen molar-refractivity contribution in [1.82, 2.24) is 4.90 Å². The summed E-state index contributed by atoms with van der Waals surface area (Å²) in [6.45, 7) is 3.78. The van der Waals surface area contributed by atoms with Crippen molar-refractivity contribution in [3.63, 3.8) is 0 Å². The molecule has 31 heavy (non-hydrogen) atoms. The minimum Gasteiger partial charge on any atom is -0.486 e. The van der Waals surface area contributed by atoms with Crippen LogP contribution in [-0.4, -0.2) is 37.2 Å². The summed E-state index contributed by atoms with van der Waals surface area (Å²) in [6.07, 6.45) is 4.45. The van der Waals surface area contributed by atoms with Crippen LogP contribution in [0.1, 0.15) is 55.3 Å². The van der Waals surface area contributed by atoms with Gasteiger partial charge < -0.3 is 19.1 Å². The van der Waals surface area contributed by atoms with E-state index in [1.54, 1.807) is 24.3 Å². The molecule has 1 amide bonds. The van der Waals surface area contributed by atoms with E-state index >= 15 is 0 Å². The first-order valence-electron chi connectivity index (χ1n) is 11.0. The third-order valence-electron chi connectivity index (χ3n) is 6.92. The monoisotopic (exact) mass is 418 g/mol. The molecule has 0 saturated heterocycles. The van der Waals surface area contributed by atoms with Gasteiger partial charge in [-0.2, -0.15) is 5.26 Å². The molecule has 2 aromatic carbocycles. The van der Waals surface area contributed by atoms with Gasteiger partial charge in [0.1, 0.15) is 25.0 Å².